The van der Waals surface area contributed by atoms with Gasteiger partial charge in [0, 0.05) is 12.1 Å². The van der Waals surface area contributed by atoms with Crippen LogP contribution < -0.4 is 0 Å². The Balaban J connectivity index is 4.51. The van der Waals surface area contributed by atoms with Gasteiger partial charge >= 0.3 is 0 Å². The lowest BCUT2D eigenvalue weighted by molar-refractivity contribution is -0.133. The van der Waals surface area contributed by atoms with Crippen LogP contribution >= 0.6 is 23.2 Å². The van der Waals surface area contributed by atoms with Gasteiger partial charge < -0.3 is 4.90 Å². The van der Waals surface area contributed by atoms with Gasteiger partial charge in [-0.3, -0.25) is 4.79 Å². The number of carbonyl (C=O) groups is 1. The standard InChI is InChI=1S/C9H17Cl2NO/c1-5-7(4)12(6(2)3)9(13)8(10)11/h6-8H,5H2,1-4H3. The van der Waals surface area contributed by atoms with E-state index in [0.29, 0.717) is 0 Å². The number of nitrogens with zero attached hydrogens (tertiary/aromatic N) is 1. The van der Waals surface area contributed by atoms with Crippen molar-refractivity contribution < 1.29 is 4.79 Å². The minimum Gasteiger partial charge on any atom is -0.335 e. The lowest BCUT2D eigenvalue weighted by Crippen LogP contribution is -2.45. The summed E-state index contributed by atoms with van der Waals surface area (Å²) in [5.74, 6) is -0.201. The monoisotopic (exact) mass is 225 g/mol. The van der Waals surface area contributed by atoms with Gasteiger partial charge in [-0.2, -0.15) is 0 Å². The Kier molecular flexibility index (Phi) is 5.73. The van der Waals surface area contributed by atoms with Crippen molar-refractivity contribution in [3.05, 3.63) is 0 Å². The van der Waals surface area contributed by atoms with E-state index in [2.05, 4.69) is 0 Å². The quantitative estimate of drug-likeness (QED) is 0.675. The van der Waals surface area contributed by atoms with E-state index in [1.54, 1.807) is 4.90 Å². The molecule has 0 fully saturated rings. The average Bonchev–Trinajstić information content (AvgIpc) is 2.03. The van der Waals surface area contributed by atoms with Crippen LogP contribution in [0.3, 0.4) is 0 Å². The third-order valence-electron chi connectivity index (χ3n) is 2.06. The molecule has 0 heterocycles. The molecule has 0 aromatic rings. The molecule has 13 heavy (non-hydrogen) atoms. The maximum atomic E-state index is 11.5. The summed E-state index contributed by atoms with van der Waals surface area (Å²) in [5.41, 5.74) is 0. The predicted molar refractivity (Wildman–Crippen MR) is 57.2 cm³/mol. The summed E-state index contributed by atoms with van der Waals surface area (Å²) < 4.78 is 0. The fourth-order valence-corrected chi connectivity index (χ4v) is 1.52. The second kappa shape index (κ2) is 5.71. The van der Waals surface area contributed by atoms with E-state index >= 15 is 0 Å². The van der Waals surface area contributed by atoms with Crippen molar-refractivity contribution in [3.63, 3.8) is 0 Å². The van der Waals surface area contributed by atoms with Gasteiger partial charge in [-0.05, 0) is 27.2 Å². The Bertz CT molecular complexity index is 171. The molecule has 0 saturated heterocycles. The number of hydrogen-bond acceptors (Lipinski definition) is 1. The summed E-state index contributed by atoms with van der Waals surface area (Å²) in [4.78, 5) is 12.3. The summed E-state index contributed by atoms with van der Waals surface area (Å²) in [6, 6.07) is 0.329. The Morgan fingerprint density at radius 1 is 1.31 bits per heavy atom. The third-order valence-corrected chi connectivity index (χ3v) is 2.44. The highest BCUT2D eigenvalue weighted by Crippen LogP contribution is 2.15. The second-order valence-corrected chi connectivity index (χ2v) is 4.49. The van der Waals surface area contributed by atoms with E-state index < -0.39 is 4.84 Å². The molecule has 0 aliphatic rings. The molecular weight excluding hydrogens is 209 g/mol. The Labute approximate surface area is 90.2 Å². The van der Waals surface area contributed by atoms with Crippen LogP contribution in [-0.2, 0) is 4.79 Å². The van der Waals surface area contributed by atoms with Crippen molar-refractivity contribution in [2.24, 2.45) is 0 Å². The molecule has 1 unspecified atom stereocenters. The van der Waals surface area contributed by atoms with Crippen LogP contribution in [0.25, 0.3) is 0 Å². The number of halogens is 2. The number of rotatable bonds is 4. The van der Waals surface area contributed by atoms with Crippen molar-refractivity contribution in [3.8, 4) is 0 Å². The molecule has 0 bridgehead atoms. The molecule has 0 saturated carbocycles. The topological polar surface area (TPSA) is 20.3 Å². The van der Waals surface area contributed by atoms with Gasteiger partial charge in [0.15, 0.2) is 4.84 Å². The van der Waals surface area contributed by atoms with Gasteiger partial charge in [0.05, 0.1) is 0 Å². The molecule has 0 aromatic heterocycles. The Morgan fingerprint density at radius 3 is 2.00 bits per heavy atom. The minimum atomic E-state index is -0.948. The van der Waals surface area contributed by atoms with E-state index in [1.165, 1.54) is 0 Å². The highest BCUT2D eigenvalue weighted by Gasteiger charge is 2.25. The summed E-state index contributed by atoms with van der Waals surface area (Å²) in [6.07, 6.45) is 0.907. The number of alkyl halides is 2. The number of hydrogen-bond donors (Lipinski definition) is 0. The zero-order chi connectivity index (χ0) is 10.6. The highest BCUT2D eigenvalue weighted by molar-refractivity contribution is 6.53. The largest absolute Gasteiger partial charge is 0.335 e. The summed E-state index contributed by atoms with van der Waals surface area (Å²) in [5, 5.41) is 0. The predicted octanol–water partition coefficient (Wildman–Crippen LogP) is 2.83. The SMILES string of the molecule is CCC(C)N(C(=O)C(Cl)Cl)C(C)C. The fourth-order valence-electron chi connectivity index (χ4n) is 1.29. The second-order valence-electron chi connectivity index (χ2n) is 3.40. The van der Waals surface area contributed by atoms with Gasteiger partial charge in [0.25, 0.3) is 5.91 Å². The number of amides is 1. The maximum absolute atomic E-state index is 11.5. The van der Waals surface area contributed by atoms with Gasteiger partial charge in [-0.15, -0.1) is 0 Å². The molecule has 0 aliphatic heterocycles. The first-order chi connectivity index (χ1) is 5.91. The molecule has 0 rings (SSSR count). The van der Waals surface area contributed by atoms with Gasteiger partial charge in [-0.25, -0.2) is 0 Å². The first kappa shape index (κ1) is 13.1. The van der Waals surface area contributed by atoms with E-state index in [9.17, 15) is 4.79 Å². The Morgan fingerprint density at radius 2 is 1.77 bits per heavy atom. The minimum absolute atomic E-state index is 0.141. The van der Waals surface area contributed by atoms with Crippen molar-refractivity contribution in [2.75, 3.05) is 0 Å². The first-order valence-electron chi connectivity index (χ1n) is 4.52. The maximum Gasteiger partial charge on any atom is 0.256 e. The van der Waals surface area contributed by atoms with Gasteiger partial charge in [-0.1, -0.05) is 30.1 Å². The third kappa shape index (κ3) is 3.74. The molecule has 0 radical (unpaired) electrons. The molecule has 0 N–H and O–H groups in total. The van der Waals surface area contributed by atoms with Crippen LogP contribution in [0.5, 0.6) is 0 Å². The Hall–Kier alpha value is 0.0500. The smallest absolute Gasteiger partial charge is 0.256 e. The summed E-state index contributed by atoms with van der Waals surface area (Å²) in [7, 11) is 0. The van der Waals surface area contributed by atoms with Crippen molar-refractivity contribution >= 4 is 29.1 Å². The van der Waals surface area contributed by atoms with Gasteiger partial charge in [0.1, 0.15) is 0 Å². The molecule has 1 amide bonds. The normalized spacial score (nSPS) is 13.5. The molecule has 0 aliphatic carbocycles. The van der Waals surface area contributed by atoms with Crippen molar-refractivity contribution in [2.45, 2.75) is 51.0 Å². The summed E-state index contributed by atoms with van der Waals surface area (Å²) in [6.45, 7) is 7.94. The van der Waals surface area contributed by atoms with Crippen LogP contribution in [0.15, 0.2) is 0 Å². The fraction of sp³-hybridized carbons (Fsp3) is 0.889. The van der Waals surface area contributed by atoms with Gasteiger partial charge in [0.2, 0.25) is 0 Å². The summed E-state index contributed by atoms with van der Waals surface area (Å²) >= 11 is 11.1. The van der Waals surface area contributed by atoms with E-state index in [0.717, 1.165) is 6.42 Å². The van der Waals surface area contributed by atoms with E-state index in [-0.39, 0.29) is 18.0 Å². The number of carbonyl (C=O) groups excluding carboxylic acids is 1. The molecule has 0 spiro atoms. The average molecular weight is 226 g/mol. The van der Waals surface area contributed by atoms with Crippen LogP contribution in [-0.4, -0.2) is 27.7 Å². The molecule has 78 valence electrons. The van der Waals surface area contributed by atoms with Crippen LogP contribution in [0.4, 0.5) is 0 Å². The zero-order valence-corrected chi connectivity index (χ0v) is 10.1. The lowest BCUT2D eigenvalue weighted by Gasteiger charge is -2.32. The molecule has 0 aromatic carbocycles. The van der Waals surface area contributed by atoms with Crippen molar-refractivity contribution in [1.29, 1.82) is 0 Å². The lowest BCUT2D eigenvalue weighted by atomic mass is 10.2. The molecule has 1 atom stereocenters. The highest BCUT2D eigenvalue weighted by atomic mass is 35.5. The van der Waals surface area contributed by atoms with Crippen LogP contribution in [0, 0.1) is 0 Å². The molecule has 4 heteroatoms. The van der Waals surface area contributed by atoms with E-state index in [4.69, 9.17) is 23.2 Å². The van der Waals surface area contributed by atoms with Crippen LogP contribution in [0.2, 0.25) is 0 Å². The molecular formula is C9H17Cl2NO. The zero-order valence-electron chi connectivity index (χ0n) is 8.55. The molecule has 2 nitrogen and oxygen atoms in total. The van der Waals surface area contributed by atoms with Crippen LogP contribution in [0.1, 0.15) is 34.1 Å². The van der Waals surface area contributed by atoms with Crippen molar-refractivity contribution in [1.82, 2.24) is 4.90 Å². The first-order valence-corrected chi connectivity index (χ1v) is 5.39. The van der Waals surface area contributed by atoms with E-state index in [1.807, 2.05) is 27.7 Å².